The van der Waals surface area contributed by atoms with Crippen molar-refractivity contribution in [2.75, 3.05) is 13.2 Å². The first-order valence-electron chi connectivity index (χ1n) is 22.7. The Morgan fingerprint density at radius 2 is 0.934 bits per heavy atom. The highest BCUT2D eigenvalue weighted by molar-refractivity contribution is 7.47. The summed E-state index contributed by atoms with van der Waals surface area (Å²) >= 11 is 0. The topological polar surface area (TPSA) is 210 Å². The molecule has 0 bridgehead atoms. The van der Waals surface area contributed by atoms with E-state index in [-0.39, 0.29) is 12.8 Å². The Labute approximate surface area is 365 Å². The van der Waals surface area contributed by atoms with Gasteiger partial charge >= 0.3 is 19.8 Å². The number of aliphatic hydroxyl groups excluding tert-OH is 5. The van der Waals surface area contributed by atoms with Gasteiger partial charge in [-0.05, 0) is 51.4 Å². The van der Waals surface area contributed by atoms with E-state index in [0.29, 0.717) is 19.3 Å². The molecule has 8 atom stereocenters. The minimum Gasteiger partial charge on any atom is -0.462 e. The maximum Gasteiger partial charge on any atom is 0.472 e. The van der Waals surface area contributed by atoms with Crippen molar-refractivity contribution in [3.8, 4) is 0 Å². The average molecular weight is 883 g/mol. The van der Waals surface area contributed by atoms with E-state index in [0.717, 1.165) is 57.8 Å². The first-order valence-corrected chi connectivity index (χ1v) is 24.2. The Kier molecular flexibility index (Phi) is 33.9. The van der Waals surface area contributed by atoms with Crippen LogP contribution < -0.4 is 0 Å². The molecule has 6 unspecified atom stereocenters. The number of phosphoric acid groups is 1. The number of ether oxygens (including phenoxy) is 2. The van der Waals surface area contributed by atoms with Crippen LogP contribution in [0.2, 0.25) is 0 Å². The molecule has 61 heavy (non-hydrogen) atoms. The van der Waals surface area contributed by atoms with Gasteiger partial charge in [-0.15, -0.1) is 0 Å². The molecule has 0 aromatic heterocycles. The average Bonchev–Trinajstić information content (AvgIpc) is 3.24. The molecule has 0 saturated heterocycles. The SMILES string of the molecule is CC/C=C\C/C=C\C/C=C\C/C=C\C/C=C\C/C=C\CCC(=O)OC[C@H](COP(=O)(O)OC1C(O)C(O)C(O)[C@@H](O)C1O)OC(=O)CCCCCCCCCCCCCCC. The van der Waals surface area contributed by atoms with E-state index >= 15 is 0 Å². The Morgan fingerprint density at radius 3 is 1.39 bits per heavy atom. The number of rotatable bonds is 36. The van der Waals surface area contributed by atoms with Crippen LogP contribution in [-0.2, 0) is 32.7 Å². The molecule has 0 radical (unpaired) electrons. The minimum absolute atomic E-state index is 0.0399. The molecule has 1 aliphatic carbocycles. The summed E-state index contributed by atoms with van der Waals surface area (Å²) in [6.45, 7) is 3.10. The van der Waals surface area contributed by atoms with Crippen molar-refractivity contribution in [2.24, 2.45) is 0 Å². The Balaban J connectivity index is 2.52. The lowest BCUT2D eigenvalue weighted by atomic mass is 9.85. The molecule has 0 amide bonds. The number of hydrogen-bond acceptors (Lipinski definition) is 12. The molecule has 350 valence electrons. The van der Waals surface area contributed by atoms with Crippen LogP contribution in [0, 0.1) is 0 Å². The molecule has 0 heterocycles. The van der Waals surface area contributed by atoms with Gasteiger partial charge in [-0.3, -0.25) is 18.6 Å². The maximum atomic E-state index is 12.8. The highest BCUT2D eigenvalue weighted by atomic mass is 31.2. The molecule has 1 rings (SSSR count). The van der Waals surface area contributed by atoms with Gasteiger partial charge in [0, 0.05) is 12.8 Å². The number of phosphoric ester groups is 1. The smallest absolute Gasteiger partial charge is 0.462 e. The van der Waals surface area contributed by atoms with Crippen LogP contribution in [0.3, 0.4) is 0 Å². The second-order valence-electron chi connectivity index (χ2n) is 15.5. The third kappa shape index (κ3) is 29.3. The number of carbonyl (C=O) groups is 2. The molecule has 1 aliphatic rings. The van der Waals surface area contributed by atoms with Gasteiger partial charge < -0.3 is 39.9 Å². The first kappa shape index (κ1) is 56.3. The molecular weight excluding hydrogens is 803 g/mol. The van der Waals surface area contributed by atoms with Crippen LogP contribution >= 0.6 is 7.82 Å². The lowest BCUT2D eigenvalue weighted by Crippen LogP contribution is -2.64. The van der Waals surface area contributed by atoms with Gasteiger partial charge in [0.1, 0.15) is 43.2 Å². The summed E-state index contributed by atoms with van der Waals surface area (Å²) in [5.74, 6) is -1.20. The van der Waals surface area contributed by atoms with Crippen molar-refractivity contribution >= 4 is 19.8 Å². The molecule has 0 aromatic carbocycles. The van der Waals surface area contributed by atoms with Crippen LogP contribution in [0.5, 0.6) is 0 Å². The summed E-state index contributed by atoms with van der Waals surface area (Å²) in [6.07, 6.45) is 32.6. The predicted octanol–water partition coefficient (Wildman–Crippen LogP) is 8.72. The minimum atomic E-state index is -5.13. The highest BCUT2D eigenvalue weighted by Crippen LogP contribution is 2.47. The van der Waals surface area contributed by atoms with Gasteiger partial charge in [-0.25, -0.2) is 4.57 Å². The Bertz CT molecular complexity index is 1340. The summed E-state index contributed by atoms with van der Waals surface area (Å²) < 4.78 is 33.4. The van der Waals surface area contributed by atoms with E-state index in [4.69, 9.17) is 18.5 Å². The van der Waals surface area contributed by atoms with Crippen LogP contribution in [-0.4, -0.2) is 98.3 Å². The van der Waals surface area contributed by atoms with E-state index in [1.807, 2.05) is 18.2 Å². The molecule has 1 saturated carbocycles. The standard InChI is InChI=1S/C47H79O13P/c1-3-5-7-9-11-13-15-17-18-19-20-21-22-24-25-27-29-31-33-35-40(48)57-37-39(38-58-61(55,56)60-47-45(53)43(51)42(50)44(52)46(47)54)59-41(49)36-34-32-30-28-26-23-16-14-12-10-8-6-4-2/h5,7,11,13,17-18,20-21,24-25,29,31,39,42-47,50-54H,3-4,6,8-10,12,14-16,19,22-23,26-28,30,32-38H2,1-2H3,(H,55,56)/b7-5-,13-11-,18-17-,21-20-,25-24-,31-29-/t39-,42?,43-,44?,45?,46?,47?/m1/s1. The van der Waals surface area contributed by atoms with Crippen molar-refractivity contribution in [2.45, 2.75) is 198 Å². The summed E-state index contributed by atoms with van der Waals surface area (Å²) in [6, 6.07) is 0. The number of esters is 2. The monoisotopic (exact) mass is 883 g/mol. The number of hydrogen-bond donors (Lipinski definition) is 6. The quantitative estimate of drug-likeness (QED) is 0.0151. The number of carbonyl (C=O) groups excluding carboxylic acids is 2. The van der Waals surface area contributed by atoms with Crippen molar-refractivity contribution in [1.29, 1.82) is 0 Å². The fourth-order valence-electron chi connectivity index (χ4n) is 6.43. The second kappa shape index (κ2) is 36.7. The van der Waals surface area contributed by atoms with E-state index in [9.17, 15) is 44.6 Å². The van der Waals surface area contributed by atoms with E-state index in [1.54, 1.807) is 0 Å². The fourth-order valence-corrected chi connectivity index (χ4v) is 7.40. The summed E-state index contributed by atoms with van der Waals surface area (Å²) in [7, 11) is -5.13. The maximum absolute atomic E-state index is 12.8. The summed E-state index contributed by atoms with van der Waals surface area (Å²) in [5, 5.41) is 50.1. The zero-order valence-electron chi connectivity index (χ0n) is 36.9. The molecular formula is C47H79O13P. The van der Waals surface area contributed by atoms with Gasteiger partial charge in [-0.2, -0.15) is 0 Å². The second-order valence-corrected chi connectivity index (χ2v) is 16.9. The van der Waals surface area contributed by atoms with Crippen molar-refractivity contribution in [1.82, 2.24) is 0 Å². The third-order valence-electron chi connectivity index (χ3n) is 10.1. The first-order chi connectivity index (χ1) is 29.4. The molecule has 6 N–H and O–H groups in total. The highest BCUT2D eigenvalue weighted by Gasteiger charge is 2.51. The van der Waals surface area contributed by atoms with E-state index < -0.39 is 75.7 Å². The van der Waals surface area contributed by atoms with Crippen molar-refractivity contribution in [3.63, 3.8) is 0 Å². The van der Waals surface area contributed by atoms with Gasteiger partial charge in [-0.1, -0.05) is 164 Å². The van der Waals surface area contributed by atoms with Gasteiger partial charge in [0.05, 0.1) is 6.61 Å². The zero-order chi connectivity index (χ0) is 45.0. The zero-order valence-corrected chi connectivity index (χ0v) is 37.8. The lowest BCUT2D eigenvalue weighted by Gasteiger charge is -2.41. The Hall–Kier alpha value is -2.71. The van der Waals surface area contributed by atoms with Crippen LogP contribution in [0.1, 0.15) is 155 Å². The summed E-state index contributed by atoms with van der Waals surface area (Å²) in [4.78, 5) is 35.6. The molecule has 1 fully saturated rings. The van der Waals surface area contributed by atoms with Crippen LogP contribution in [0.4, 0.5) is 0 Å². The summed E-state index contributed by atoms with van der Waals surface area (Å²) in [5.41, 5.74) is 0. The van der Waals surface area contributed by atoms with E-state index in [1.165, 1.54) is 51.4 Å². The molecule has 0 aliphatic heterocycles. The Morgan fingerprint density at radius 1 is 0.525 bits per heavy atom. The van der Waals surface area contributed by atoms with Gasteiger partial charge in [0.2, 0.25) is 0 Å². The number of unbranched alkanes of at least 4 members (excludes halogenated alkanes) is 12. The molecule has 13 nitrogen and oxygen atoms in total. The van der Waals surface area contributed by atoms with E-state index in [2.05, 4.69) is 68.5 Å². The number of aliphatic hydroxyl groups is 5. The normalized spacial score (nSPS) is 22.7. The fraction of sp³-hybridized carbons (Fsp3) is 0.702. The molecule has 0 aromatic rings. The molecule has 14 heteroatoms. The molecule has 0 spiro atoms. The van der Waals surface area contributed by atoms with Crippen LogP contribution in [0.15, 0.2) is 72.9 Å². The van der Waals surface area contributed by atoms with Crippen LogP contribution in [0.25, 0.3) is 0 Å². The largest absolute Gasteiger partial charge is 0.472 e. The lowest BCUT2D eigenvalue weighted by molar-refractivity contribution is -0.220. The third-order valence-corrected chi connectivity index (χ3v) is 11.1. The van der Waals surface area contributed by atoms with Gasteiger partial charge in [0.25, 0.3) is 0 Å². The van der Waals surface area contributed by atoms with Crippen molar-refractivity contribution in [3.05, 3.63) is 72.9 Å². The number of allylic oxidation sites excluding steroid dienone is 12. The van der Waals surface area contributed by atoms with Gasteiger partial charge in [0.15, 0.2) is 6.10 Å². The van der Waals surface area contributed by atoms with Crippen molar-refractivity contribution < 1.29 is 63.1 Å². The predicted molar refractivity (Wildman–Crippen MR) is 239 cm³/mol.